The maximum atomic E-state index is 9.43. The van der Waals surface area contributed by atoms with Crippen LogP contribution < -0.4 is 5.73 Å². The fourth-order valence-electron chi connectivity index (χ4n) is 2.31. The number of nitrogens with two attached hydrogens (primary N) is 1. The molecule has 2 aromatic carbocycles. The summed E-state index contributed by atoms with van der Waals surface area (Å²) in [6.07, 6.45) is 0. The van der Waals surface area contributed by atoms with Gasteiger partial charge in [0.25, 0.3) is 0 Å². The van der Waals surface area contributed by atoms with Crippen molar-refractivity contribution < 1.29 is 0 Å². The minimum Gasteiger partial charge on any atom is -0.383 e. The summed E-state index contributed by atoms with van der Waals surface area (Å²) in [5, 5.41) is 11.3. The highest BCUT2D eigenvalue weighted by Gasteiger charge is 2.17. The number of anilines is 1. The number of fused-ring (bicyclic) bond motifs is 1. The van der Waals surface area contributed by atoms with E-state index in [1.54, 1.807) is 24.3 Å². The predicted octanol–water partition coefficient (Wildman–Crippen LogP) is 4.66. The van der Waals surface area contributed by atoms with Crippen molar-refractivity contribution in [1.82, 2.24) is 4.98 Å². The molecule has 3 rings (SSSR count). The molecule has 0 fully saturated rings. The molecular formula is C16H9Cl2N3. The van der Waals surface area contributed by atoms with E-state index in [9.17, 15) is 5.26 Å². The minimum atomic E-state index is 0.183. The number of nitrogen functional groups attached to an aromatic ring is 1. The highest BCUT2D eigenvalue weighted by Crippen LogP contribution is 2.38. The largest absolute Gasteiger partial charge is 0.383 e. The molecule has 0 bridgehead atoms. The number of nitrogens with zero attached hydrogens (tertiary/aromatic N) is 2. The fourth-order valence-corrected chi connectivity index (χ4v) is 2.71. The van der Waals surface area contributed by atoms with Gasteiger partial charge in [-0.05, 0) is 24.3 Å². The van der Waals surface area contributed by atoms with Gasteiger partial charge in [0.2, 0.25) is 0 Å². The number of benzene rings is 2. The standard InChI is InChI=1S/C16H9Cl2N3/c17-9-5-6-14-11(7-9)15(12(8-19)16(20)21-14)10-3-1-2-4-13(10)18/h1-7H,(H2,20,21). The number of rotatable bonds is 1. The zero-order chi connectivity index (χ0) is 15.0. The number of hydrogen-bond donors (Lipinski definition) is 1. The molecule has 1 heterocycles. The van der Waals surface area contributed by atoms with Crippen molar-refractivity contribution in [1.29, 1.82) is 5.26 Å². The highest BCUT2D eigenvalue weighted by molar-refractivity contribution is 6.34. The molecule has 0 aliphatic heterocycles. The smallest absolute Gasteiger partial charge is 0.142 e. The Bertz CT molecular complexity index is 898. The van der Waals surface area contributed by atoms with Crippen molar-refractivity contribution in [2.45, 2.75) is 0 Å². The van der Waals surface area contributed by atoms with E-state index in [0.717, 1.165) is 10.9 Å². The normalized spacial score (nSPS) is 10.5. The van der Waals surface area contributed by atoms with E-state index in [4.69, 9.17) is 28.9 Å². The molecule has 0 radical (unpaired) electrons. The molecule has 0 saturated carbocycles. The van der Waals surface area contributed by atoms with E-state index in [1.165, 1.54) is 0 Å². The molecule has 0 saturated heterocycles. The van der Waals surface area contributed by atoms with Crippen LogP contribution in [-0.4, -0.2) is 4.98 Å². The molecule has 1 aromatic heterocycles. The van der Waals surface area contributed by atoms with Gasteiger partial charge in [-0.15, -0.1) is 0 Å². The second-order valence-corrected chi connectivity index (χ2v) is 5.34. The summed E-state index contributed by atoms with van der Waals surface area (Å²) in [4.78, 5) is 4.26. The topological polar surface area (TPSA) is 62.7 Å². The molecule has 102 valence electrons. The molecule has 5 heteroatoms. The van der Waals surface area contributed by atoms with Crippen molar-refractivity contribution in [2.75, 3.05) is 5.73 Å². The van der Waals surface area contributed by atoms with Crippen molar-refractivity contribution in [3.63, 3.8) is 0 Å². The highest BCUT2D eigenvalue weighted by atomic mass is 35.5. The number of pyridine rings is 1. The van der Waals surface area contributed by atoms with Gasteiger partial charge in [-0.3, -0.25) is 0 Å². The molecule has 21 heavy (non-hydrogen) atoms. The average Bonchev–Trinajstić information content (AvgIpc) is 2.47. The van der Waals surface area contributed by atoms with Crippen molar-refractivity contribution in [2.24, 2.45) is 0 Å². The Kier molecular flexibility index (Phi) is 3.42. The van der Waals surface area contributed by atoms with Crippen LogP contribution in [0.15, 0.2) is 42.5 Å². The SMILES string of the molecule is N#Cc1c(N)nc2ccc(Cl)cc2c1-c1ccccc1Cl. The molecule has 3 aromatic rings. The number of aromatic nitrogens is 1. The summed E-state index contributed by atoms with van der Waals surface area (Å²) in [6.45, 7) is 0. The van der Waals surface area contributed by atoms with Gasteiger partial charge in [0.1, 0.15) is 17.5 Å². The monoisotopic (exact) mass is 313 g/mol. The third kappa shape index (κ3) is 2.29. The number of nitriles is 1. The lowest BCUT2D eigenvalue weighted by atomic mass is 9.96. The van der Waals surface area contributed by atoms with E-state index in [1.807, 2.05) is 18.2 Å². The second-order valence-electron chi connectivity index (χ2n) is 4.50. The molecule has 0 aliphatic carbocycles. The summed E-state index contributed by atoms with van der Waals surface area (Å²) in [6, 6.07) is 14.7. The minimum absolute atomic E-state index is 0.183. The predicted molar refractivity (Wildman–Crippen MR) is 86.3 cm³/mol. The summed E-state index contributed by atoms with van der Waals surface area (Å²) >= 11 is 12.4. The van der Waals surface area contributed by atoms with E-state index in [-0.39, 0.29) is 5.82 Å². The summed E-state index contributed by atoms with van der Waals surface area (Å²) in [5.41, 5.74) is 8.28. The molecule has 0 amide bonds. The number of halogens is 2. The first kappa shape index (κ1) is 13.7. The van der Waals surface area contributed by atoms with Crippen LogP contribution in [0.5, 0.6) is 0 Å². The molecule has 0 unspecified atom stereocenters. The van der Waals surface area contributed by atoms with Crippen molar-refractivity contribution in [3.8, 4) is 17.2 Å². The van der Waals surface area contributed by atoms with Gasteiger partial charge >= 0.3 is 0 Å². The van der Waals surface area contributed by atoms with Crippen LogP contribution in [0.2, 0.25) is 10.0 Å². The lowest BCUT2D eigenvalue weighted by Crippen LogP contribution is -1.99. The Labute approximate surface area is 131 Å². The summed E-state index contributed by atoms with van der Waals surface area (Å²) < 4.78 is 0. The lowest BCUT2D eigenvalue weighted by Gasteiger charge is -2.12. The molecule has 2 N–H and O–H groups in total. The van der Waals surface area contributed by atoms with E-state index < -0.39 is 0 Å². The van der Waals surface area contributed by atoms with Crippen LogP contribution in [0.25, 0.3) is 22.0 Å². The van der Waals surface area contributed by atoms with Crippen LogP contribution in [0.4, 0.5) is 5.82 Å². The third-order valence-electron chi connectivity index (χ3n) is 3.23. The first-order valence-corrected chi connectivity index (χ1v) is 6.91. The first-order valence-electron chi connectivity index (χ1n) is 6.15. The van der Waals surface area contributed by atoms with Crippen molar-refractivity contribution in [3.05, 3.63) is 58.1 Å². The van der Waals surface area contributed by atoms with Gasteiger partial charge in [0, 0.05) is 26.6 Å². The fraction of sp³-hybridized carbons (Fsp3) is 0. The van der Waals surface area contributed by atoms with E-state index in [0.29, 0.717) is 26.7 Å². The maximum absolute atomic E-state index is 9.43. The summed E-state index contributed by atoms with van der Waals surface area (Å²) in [5.74, 6) is 0.183. The molecule has 0 aliphatic rings. The molecule has 0 atom stereocenters. The van der Waals surface area contributed by atoms with Crippen LogP contribution in [0.3, 0.4) is 0 Å². The Morgan fingerprint density at radius 2 is 1.86 bits per heavy atom. The van der Waals surface area contributed by atoms with Gasteiger partial charge in [0.15, 0.2) is 0 Å². The van der Waals surface area contributed by atoms with Gasteiger partial charge in [-0.1, -0.05) is 41.4 Å². The molecule has 0 spiro atoms. The Morgan fingerprint density at radius 3 is 2.57 bits per heavy atom. The molecule has 3 nitrogen and oxygen atoms in total. The first-order chi connectivity index (χ1) is 10.1. The van der Waals surface area contributed by atoms with Crippen LogP contribution in [0.1, 0.15) is 5.56 Å². The lowest BCUT2D eigenvalue weighted by molar-refractivity contribution is 1.37. The van der Waals surface area contributed by atoms with Gasteiger partial charge in [-0.25, -0.2) is 4.98 Å². The zero-order valence-corrected chi connectivity index (χ0v) is 12.3. The molecular weight excluding hydrogens is 305 g/mol. The number of hydrogen-bond acceptors (Lipinski definition) is 3. The van der Waals surface area contributed by atoms with Gasteiger partial charge in [-0.2, -0.15) is 5.26 Å². The maximum Gasteiger partial charge on any atom is 0.142 e. The average molecular weight is 314 g/mol. The second kappa shape index (κ2) is 5.25. The Morgan fingerprint density at radius 1 is 1.10 bits per heavy atom. The van der Waals surface area contributed by atoms with Gasteiger partial charge < -0.3 is 5.73 Å². The van der Waals surface area contributed by atoms with Crippen LogP contribution in [-0.2, 0) is 0 Å². The van der Waals surface area contributed by atoms with Crippen LogP contribution in [0, 0.1) is 11.3 Å². The Hall–Kier alpha value is -2.28. The van der Waals surface area contributed by atoms with Crippen molar-refractivity contribution >= 4 is 39.9 Å². The van der Waals surface area contributed by atoms with Crippen LogP contribution >= 0.6 is 23.2 Å². The Balaban J connectivity index is 2.52. The third-order valence-corrected chi connectivity index (χ3v) is 3.79. The quantitative estimate of drug-likeness (QED) is 0.710. The summed E-state index contributed by atoms with van der Waals surface area (Å²) in [7, 11) is 0. The van der Waals surface area contributed by atoms with Gasteiger partial charge in [0.05, 0.1) is 5.52 Å². The zero-order valence-electron chi connectivity index (χ0n) is 10.8. The van der Waals surface area contributed by atoms with E-state index >= 15 is 0 Å². The van der Waals surface area contributed by atoms with E-state index in [2.05, 4.69) is 11.1 Å².